The molecule has 6 nitrogen and oxygen atoms in total. The summed E-state index contributed by atoms with van der Waals surface area (Å²) >= 11 is 0. The molecule has 1 fully saturated rings. The molecule has 3 aromatic heterocycles. The number of fused-ring (bicyclic) bond motifs is 3. The second kappa shape index (κ2) is 7.00. The quantitative estimate of drug-likeness (QED) is 0.556. The third kappa shape index (κ3) is 3.24. The molecule has 0 amide bonds. The molecule has 2 atom stereocenters. The fourth-order valence-electron chi connectivity index (χ4n) is 4.44. The standard InChI is InChI=1S/C22H24N4O2S/c1-16-8-11-25(29(27,28)15-17-5-3-2-4-6-17)14-20(16)26-12-9-18-13-24-22-19(21(18)26)7-10-23-22/h2-7,9-10,12-13,16,20H,8,11,14-15H2,1H3,(H,23,24)/t16-,20+/m1/s1. The molecule has 1 saturated heterocycles. The van der Waals surface area contributed by atoms with E-state index in [2.05, 4.69) is 33.7 Å². The Balaban J connectivity index is 1.49. The Hall–Kier alpha value is -2.64. The smallest absolute Gasteiger partial charge is 0.218 e. The minimum Gasteiger partial charge on any atom is -0.346 e. The topological polar surface area (TPSA) is 71.0 Å². The van der Waals surface area contributed by atoms with Gasteiger partial charge in [0.1, 0.15) is 5.65 Å². The van der Waals surface area contributed by atoms with Crippen molar-refractivity contribution in [1.29, 1.82) is 0 Å². The van der Waals surface area contributed by atoms with Crippen LogP contribution in [-0.2, 0) is 15.8 Å². The summed E-state index contributed by atoms with van der Waals surface area (Å²) in [5.41, 5.74) is 2.80. The van der Waals surface area contributed by atoms with Crippen molar-refractivity contribution in [2.24, 2.45) is 5.92 Å². The molecule has 5 rings (SSSR count). The molecule has 1 aliphatic heterocycles. The first kappa shape index (κ1) is 18.4. The first-order chi connectivity index (χ1) is 14.0. The lowest BCUT2D eigenvalue weighted by atomic mass is 9.94. The summed E-state index contributed by atoms with van der Waals surface area (Å²) in [5, 5.41) is 2.15. The number of aromatic nitrogens is 3. The number of nitrogens with zero attached hydrogens (tertiary/aromatic N) is 3. The normalized spacial score (nSPS) is 21.1. The molecule has 29 heavy (non-hydrogen) atoms. The molecule has 0 radical (unpaired) electrons. The van der Waals surface area contributed by atoms with Gasteiger partial charge < -0.3 is 9.55 Å². The van der Waals surface area contributed by atoms with Crippen molar-refractivity contribution < 1.29 is 8.42 Å². The van der Waals surface area contributed by atoms with Crippen LogP contribution in [0, 0.1) is 5.92 Å². The minimum absolute atomic E-state index is 0.0490. The van der Waals surface area contributed by atoms with Crippen LogP contribution in [0.1, 0.15) is 24.9 Å². The average molecular weight is 409 g/mol. The summed E-state index contributed by atoms with van der Waals surface area (Å²) in [6.45, 7) is 3.29. The molecule has 150 valence electrons. The van der Waals surface area contributed by atoms with Crippen LogP contribution in [0.4, 0.5) is 0 Å². The minimum atomic E-state index is -3.37. The van der Waals surface area contributed by atoms with Crippen LogP contribution in [0.15, 0.2) is 61.1 Å². The second-order valence-corrected chi connectivity index (χ2v) is 9.93. The highest BCUT2D eigenvalue weighted by Gasteiger charge is 2.34. The molecule has 7 heteroatoms. The summed E-state index contributed by atoms with van der Waals surface area (Å²) in [6, 6.07) is 13.6. The van der Waals surface area contributed by atoms with Crippen LogP contribution in [0.25, 0.3) is 21.9 Å². The fraction of sp³-hybridized carbons (Fsp3) is 0.318. The monoisotopic (exact) mass is 408 g/mol. The van der Waals surface area contributed by atoms with Gasteiger partial charge in [0.05, 0.1) is 17.3 Å². The van der Waals surface area contributed by atoms with Gasteiger partial charge in [-0.15, -0.1) is 0 Å². The molecule has 4 heterocycles. The number of benzene rings is 1. The molecule has 1 N–H and O–H groups in total. The Kier molecular flexibility index (Phi) is 4.44. The zero-order chi connectivity index (χ0) is 20.0. The molecular formula is C22H24N4O2S. The first-order valence-corrected chi connectivity index (χ1v) is 11.6. The van der Waals surface area contributed by atoms with E-state index in [0.29, 0.717) is 19.0 Å². The van der Waals surface area contributed by atoms with Crippen molar-refractivity contribution in [3.63, 3.8) is 0 Å². The van der Waals surface area contributed by atoms with E-state index >= 15 is 0 Å². The number of rotatable bonds is 4. The molecular weight excluding hydrogens is 384 g/mol. The van der Waals surface area contributed by atoms with Crippen molar-refractivity contribution >= 4 is 32.0 Å². The van der Waals surface area contributed by atoms with Gasteiger partial charge in [-0.3, -0.25) is 0 Å². The maximum Gasteiger partial charge on any atom is 0.218 e. The Labute approximate surface area is 170 Å². The molecule has 0 aliphatic carbocycles. The van der Waals surface area contributed by atoms with E-state index in [1.54, 1.807) is 4.31 Å². The molecule has 4 aromatic rings. The van der Waals surface area contributed by atoms with E-state index in [4.69, 9.17) is 0 Å². The van der Waals surface area contributed by atoms with E-state index < -0.39 is 10.0 Å². The van der Waals surface area contributed by atoms with Crippen LogP contribution >= 0.6 is 0 Å². The maximum atomic E-state index is 13.1. The summed E-state index contributed by atoms with van der Waals surface area (Å²) in [7, 11) is -3.37. The van der Waals surface area contributed by atoms with Crippen LogP contribution in [0.3, 0.4) is 0 Å². The lowest BCUT2D eigenvalue weighted by Crippen LogP contribution is -2.44. The predicted octanol–water partition coefficient (Wildman–Crippen LogP) is 3.93. The number of hydrogen-bond acceptors (Lipinski definition) is 3. The molecule has 1 aliphatic rings. The van der Waals surface area contributed by atoms with Gasteiger partial charge in [0.15, 0.2) is 0 Å². The molecule has 0 bridgehead atoms. The molecule has 0 saturated carbocycles. The average Bonchev–Trinajstić information content (AvgIpc) is 3.35. The number of piperidine rings is 1. The number of H-pyrrole nitrogens is 1. The van der Waals surface area contributed by atoms with Crippen LogP contribution in [0.2, 0.25) is 0 Å². The lowest BCUT2D eigenvalue weighted by Gasteiger charge is -2.37. The Bertz CT molecular complexity index is 1260. The summed E-state index contributed by atoms with van der Waals surface area (Å²) in [6.07, 6.45) is 6.70. The molecule has 0 spiro atoms. The highest BCUT2D eigenvalue weighted by molar-refractivity contribution is 7.88. The number of pyridine rings is 1. The summed E-state index contributed by atoms with van der Waals surface area (Å²) in [5.74, 6) is 0.434. The third-order valence-electron chi connectivity index (χ3n) is 6.08. The van der Waals surface area contributed by atoms with E-state index in [-0.39, 0.29) is 11.8 Å². The van der Waals surface area contributed by atoms with Gasteiger partial charge in [-0.1, -0.05) is 37.3 Å². The SMILES string of the molecule is C[C@@H]1CCN(S(=O)(=O)Cc2ccccc2)C[C@@H]1n1ccc2cnc3[nH]ccc3c21. The van der Waals surface area contributed by atoms with E-state index in [1.807, 2.05) is 48.8 Å². The summed E-state index contributed by atoms with van der Waals surface area (Å²) in [4.78, 5) is 7.65. The Morgan fingerprint density at radius 2 is 2.00 bits per heavy atom. The van der Waals surface area contributed by atoms with E-state index in [1.165, 1.54) is 0 Å². The van der Waals surface area contributed by atoms with Crippen LogP contribution in [0.5, 0.6) is 0 Å². The summed E-state index contributed by atoms with van der Waals surface area (Å²) < 4.78 is 30.2. The highest BCUT2D eigenvalue weighted by atomic mass is 32.2. The largest absolute Gasteiger partial charge is 0.346 e. The predicted molar refractivity (Wildman–Crippen MR) is 115 cm³/mol. The van der Waals surface area contributed by atoms with Crippen molar-refractivity contribution in [2.75, 3.05) is 13.1 Å². The Morgan fingerprint density at radius 1 is 1.17 bits per heavy atom. The number of nitrogens with one attached hydrogen (secondary N) is 1. The second-order valence-electron chi connectivity index (χ2n) is 7.96. The maximum absolute atomic E-state index is 13.1. The van der Waals surface area contributed by atoms with Crippen LogP contribution in [-0.4, -0.2) is 40.3 Å². The van der Waals surface area contributed by atoms with Gasteiger partial charge in [0.25, 0.3) is 0 Å². The molecule has 0 unspecified atom stereocenters. The van der Waals surface area contributed by atoms with Gasteiger partial charge in [0.2, 0.25) is 10.0 Å². The van der Waals surface area contributed by atoms with Crippen molar-refractivity contribution in [1.82, 2.24) is 18.8 Å². The molecule has 1 aromatic carbocycles. The van der Waals surface area contributed by atoms with Crippen LogP contribution < -0.4 is 0 Å². The number of hydrogen-bond donors (Lipinski definition) is 1. The zero-order valence-electron chi connectivity index (χ0n) is 16.3. The zero-order valence-corrected chi connectivity index (χ0v) is 17.1. The van der Waals surface area contributed by atoms with Crippen molar-refractivity contribution in [3.8, 4) is 0 Å². The van der Waals surface area contributed by atoms with Gasteiger partial charge in [-0.2, -0.15) is 4.31 Å². The van der Waals surface area contributed by atoms with Gasteiger partial charge in [-0.25, -0.2) is 13.4 Å². The van der Waals surface area contributed by atoms with Crippen molar-refractivity contribution in [3.05, 3.63) is 66.6 Å². The number of sulfonamides is 1. The fourth-order valence-corrected chi connectivity index (χ4v) is 6.00. The van der Waals surface area contributed by atoms with E-state index in [0.717, 1.165) is 33.9 Å². The first-order valence-electron chi connectivity index (χ1n) is 9.97. The Morgan fingerprint density at radius 3 is 2.83 bits per heavy atom. The lowest BCUT2D eigenvalue weighted by molar-refractivity contribution is 0.204. The number of aromatic amines is 1. The third-order valence-corrected chi connectivity index (χ3v) is 7.90. The highest BCUT2D eigenvalue weighted by Crippen LogP contribution is 2.34. The van der Waals surface area contributed by atoms with Gasteiger partial charge in [-0.05, 0) is 30.0 Å². The van der Waals surface area contributed by atoms with E-state index in [9.17, 15) is 8.42 Å². The van der Waals surface area contributed by atoms with Gasteiger partial charge in [0, 0.05) is 42.5 Å². The van der Waals surface area contributed by atoms with Crippen molar-refractivity contribution in [2.45, 2.75) is 25.1 Å². The van der Waals surface area contributed by atoms with Gasteiger partial charge >= 0.3 is 0 Å².